The zero-order valence-electron chi connectivity index (χ0n) is 16.2. The quantitative estimate of drug-likeness (QED) is 0.774. The number of hydrogen-bond donors (Lipinski definition) is 1. The second-order valence-corrected chi connectivity index (χ2v) is 8.00. The van der Waals surface area contributed by atoms with Gasteiger partial charge in [0, 0.05) is 43.5 Å². The van der Waals surface area contributed by atoms with E-state index in [0.717, 1.165) is 16.3 Å². The number of aryl methyl sites for hydroxylation is 1. The summed E-state index contributed by atoms with van der Waals surface area (Å²) in [7, 11) is 2.98. The molecule has 3 rings (SSSR count). The molecule has 1 aliphatic rings. The van der Waals surface area contributed by atoms with Crippen molar-refractivity contribution >= 4 is 23.2 Å². The van der Waals surface area contributed by atoms with Gasteiger partial charge in [0.25, 0.3) is 0 Å². The second-order valence-electron chi connectivity index (χ2n) is 7.14. The summed E-state index contributed by atoms with van der Waals surface area (Å²) >= 11 is 1.49. The molecule has 1 fully saturated rings. The molecule has 1 amide bonds. The fraction of sp³-hybridized carbons (Fsp3) is 0.526. The van der Waals surface area contributed by atoms with Crippen LogP contribution in [0.1, 0.15) is 36.9 Å². The highest BCUT2D eigenvalue weighted by Gasteiger charge is 2.35. The molecule has 0 spiro atoms. The van der Waals surface area contributed by atoms with Crippen LogP contribution in [0.2, 0.25) is 0 Å². The number of pyridine rings is 1. The van der Waals surface area contributed by atoms with Gasteiger partial charge in [0.15, 0.2) is 0 Å². The van der Waals surface area contributed by atoms with E-state index in [1.165, 1.54) is 23.3 Å². The zero-order chi connectivity index (χ0) is 20.3. The van der Waals surface area contributed by atoms with Crippen molar-refractivity contribution in [2.75, 3.05) is 19.5 Å². The Bertz CT molecular complexity index is 833. The molecular formula is C19H24F2N4O2S. The third-order valence-corrected chi connectivity index (χ3v) is 5.68. The molecule has 0 atom stereocenters. The molecule has 1 saturated carbocycles. The number of hydrogen-bond acceptors (Lipinski definition) is 6. The van der Waals surface area contributed by atoms with Crippen molar-refractivity contribution in [3.8, 4) is 10.7 Å². The summed E-state index contributed by atoms with van der Waals surface area (Å²) in [5.74, 6) is -1.96. The number of amides is 1. The number of ether oxygens (including phenoxy) is 1. The van der Waals surface area contributed by atoms with Crippen molar-refractivity contribution < 1.29 is 18.3 Å². The van der Waals surface area contributed by atoms with Crippen LogP contribution in [0.3, 0.4) is 0 Å². The van der Waals surface area contributed by atoms with Crippen LogP contribution in [-0.2, 0) is 11.3 Å². The van der Waals surface area contributed by atoms with Crippen LogP contribution in [0.25, 0.3) is 10.7 Å². The average Bonchev–Trinajstić information content (AvgIpc) is 3.09. The molecule has 6 nitrogen and oxygen atoms in total. The van der Waals surface area contributed by atoms with E-state index in [0.29, 0.717) is 30.9 Å². The number of thiazole rings is 1. The number of rotatable bonds is 5. The molecule has 0 aliphatic heterocycles. The molecule has 28 heavy (non-hydrogen) atoms. The van der Waals surface area contributed by atoms with Gasteiger partial charge in [-0.05, 0) is 37.5 Å². The first-order chi connectivity index (χ1) is 13.3. The fourth-order valence-electron chi connectivity index (χ4n) is 3.22. The number of nitrogens with one attached hydrogen (secondary N) is 1. The standard InChI is InChI=1S/C19H24F2N4O2S/c1-12-11-28-17(22-12)15-8-13(10-25(2)18(26)27-3)9-16(24-15)23-14-4-6-19(20,21)7-5-14/h8-9,11,14H,4-7,10H2,1-3H3,(H,23,24). The maximum Gasteiger partial charge on any atom is 0.409 e. The highest BCUT2D eigenvalue weighted by molar-refractivity contribution is 7.13. The Labute approximate surface area is 166 Å². The molecular weight excluding hydrogens is 386 g/mol. The van der Waals surface area contributed by atoms with Crippen LogP contribution >= 0.6 is 11.3 Å². The summed E-state index contributed by atoms with van der Waals surface area (Å²) in [6.45, 7) is 2.25. The Morgan fingerprint density at radius 2 is 2.07 bits per heavy atom. The third kappa shape index (κ3) is 5.15. The van der Waals surface area contributed by atoms with Crippen LogP contribution in [0.15, 0.2) is 17.5 Å². The van der Waals surface area contributed by atoms with E-state index < -0.39 is 12.0 Å². The number of carbonyl (C=O) groups is 1. The molecule has 2 aromatic rings. The summed E-state index contributed by atoms with van der Waals surface area (Å²) in [5, 5.41) is 6.01. The first-order valence-corrected chi connectivity index (χ1v) is 10.0. The van der Waals surface area contributed by atoms with Crippen LogP contribution in [-0.4, -0.2) is 47.1 Å². The maximum absolute atomic E-state index is 13.4. The van der Waals surface area contributed by atoms with Crippen molar-refractivity contribution in [3.05, 3.63) is 28.8 Å². The zero-order valence-corrected chi connectivity index (χ0v) is 17.0. The van der Waals surface area contributed by atoms with Crippen molar-refractivity contribution in [2.45, 2.75) is 51.1 Å². The van der Waals surface area contributed by atoms with E-state index in [1.807, 2.05) is 24.4 Å². The smallest absolute Gasteiger partial charge is 0.409 e. The predicted octanol–water partition coefficient (Wildman–Crippen LogP) is 4.70. The summed E-state index contributed by atoms with van der Waals surface area (Å²) in [5.41, 5.74) is 2.45. The van der Waals surface area contributed by atoms with Gasteiger partial charge in [-0.3, -0.25) is 0 Å². The van der Waals surface area contributed by atoms with E-state index in [1.54, 1.807) is 7.05 Å². The molecule has 9 heteroatoms. The monoisotopic (exact) mass is 410 g/mol. The van der Waals surface area contributed by atoms with Crippen LogP contribution in [0.4, 0.5) is 19.4 Å². The number of nitrogens with zero attached hydrogens (tertiary/aromatic N) is 3. The molecule has 1 aliphatic carbocycles. The van der Waals surface area contributed by atoms with Gasteiger partial charge >= 0.3 is 6.09 Å². The Balaban J connectivity index is 1.83. The van der Waals surface area contributed by atoms with Gasteiger partial charge in [0.05, 0.1) is 7.11 Å². The Morgan fingerprint density at radius 1 is 1.36 bits per heavy atom. The van der Waals surface area contributed by atoms with Gasteiger partial charge in [-0.1, -0.05) is 0 Å². The van der Waals surface area contributed by atoms with E-state index in [4.69, 9.17) is 4.74 Å². The topological polar surface area (TPSA) is 67.3 Å². The van der Waals surface area contributed by atoms with Crippen LogP contribution in [0, 0.1) is 6.92 Å². The molecule has 2 heterocycles. The fourth-order valence-corrected chi connectivity index (χ4v) is 3.98. The van der Waals surface area contributed by atoms with E-state index in [2.05, 4.69) is 15.3 Å². The van der Waals surface area contributed by atoms with Crippen molar-refractivity contribution in [2.24, 2.45) is 0 Å². The number of halogens is 2. The summed E-state index contributed by atoms with van der Waals surface area (Å²) in [6.07, 6.45) is 0.119. The molecule has 0 aromatic carbocycles. The van der Waals surface area contributed by atoms with Crippen molar-refractivity contribution in [1.82, 2.24) is 14.9 Å². The Hall–Kier alpha value is -2.29. The molecule has 0 unspecified atom stereocenters. The number of carbonyl (C=O) groups excluding carboxylic acids is 1. The highest BCUT2D eigenvalue weighted by Crippen LogP contribution is 2.34. The number of anilines is 1. The second kappa shape index (κ2) is 8.38. The summed E-state index contributed by atoms with van der Waals surface area (Å²) < 4.78 is 31.6. The number of alkyl halides is 2. The highest BCUT2D eigenvalue weighted by atomic mass is 32.1. The lowest BCUT2D eigenvalue weighted by molar-refractivity contribution is -0.0361. The minimum absolute atomic E-state index is 0.0495. The van der Waals surface area contributed by atoms with Gasteiger partial charge in [-0.25, -0.2) is 23.5 Å². The molecule has 0 radical (unpaired) electrons. The molecule has 2 aromatic heterocycles. The first-order valence-electron chi connectivity index (χ1n) is 9.12. The SMILES string of the molecule is COC(=O)N(C)Cc1cc(NC2CCC(F)(F)CC2)nc(-c2nc(C)cs2)c1. The lowest BCUT2D eigenvalue weighted by Gasteiger charge is -2.29. The van der Waals surface area contributed by atoms with Gasteiger partial charge in [-0.2, -0.15) is 0 Å². The van der Waals surface area contributed by atoms with E-state index >= 15 is 0 Å². The summed E-state index contributed by atoms with van der Waals surface area (Å²) in [4.78, 5) is 22.3. The van der Waals surface area contributed by atoms with Gasteiger partial charge in [-0.15, -0.1) is 11.3 Å². The number of methoxy groups -OCH3 is 1. The first kappa shape index (κ1) is 20.4. The minimum atomic E-state index is -2.57. The maximum atomic E-state index is 13.4. The van der Waals surface area contributed by atoms with Crippen molar-refractivity contribution in [3.63, 3.8) is 0 Å². The number of aromatic nitrogens is 2. The van der Waals surface area contributed by atoms with Gasteiger partial charge in [0.1, 0.15) is 16.5 Å². The van der Waals surface area contributed by atoms with Crippen LogP contribution in [0.5, 0.6) is 0 Å². The third-order valence-electron chi connectivity index (χ3n) is 4.70. The predicted molar refractivity (Wildman–Crippen MR) is 105 cm³/mol. The molecule has 1 N–H and O–H groups in total. The molecule has 0 bridgehead atoms. The van der Waals surface area contributed by atoms with E-state index in [-0.39, 0.29) is 18.9 Å². The average molecular weight is 410 g/mol. The largest absolute Gasteiger partial charge is 0.453 e. The van der Waals surface area contributed by atoms with Crippen molar-refractivity contribution in [1.29, 1.82) is 0 Å². The lowest BCUT2D eigenvalue weighted by Crippen LogP contribution is -2.32. The van der Waals surface area contributed by atoms with Gasteiger partial charge in [0.2, 0.25) is 5.92 Å². The minimum Gasteiger partial charge on any atom is -0.453 e. The normalized spacial score (nSPS) is 16.6. The lowest BCUT2D eigenvalue weighted by atomic mass is 9.92. The van der Waals surface area contributed by atoms with Gasteiger partial charge < -0.3 is 15.0 Å². The Morgan fingerprint density at radius 3 is 2.68 bits per heavy atom. The van der Waals surface area contributed by atoms with Crippen LogP contribution < -0.4 is 5.32 Å². The Kier molecular flexibility index (Phi) is 6.12. The molecule has 0 saturated heterocycles. The van der Waals surface area contributed by atoms with E-state index in [9.17, 15) is 13.6 Å². The summed E-state index contributed by atoms with van der Waals surface area (Å²) in [6, 6.07) is 3.68. The molecule has 152 valence electrons.